The number of rotatable bonds is 3. The Morgan fingerprint density at radius 2 is 1.61 bits per heavy atom. The van der Waals surface area contributed by atoms with Gasteiger partial charge in [-0.2, -0.15) is 0 Å². The van der Waals surface area contributed by atoms with Gasteiger partial charge < -0.3 is 9.80 Å². The second-order valence-electron chi connectivity index (χ2n) is 7.99. The quantitative estimate of drug-likeness (QED) is 0.566. The van der Waals surface area contributed by atoms with E-state index in [1.165, 1.54) is 17.6 Å². The smallest absolute Gasteiger partial charge is 0.336 e. The monoisotopic (exact) mass is 488 g/mol. The Balaban J connectivity index is 1.80. The molecular weight excluding hydrogens is 467 g/mol. The summed E-state index contributed by atoms with van der Waals surface area (Å²) in [6.45, 7) is 4.66. The van der Waals surface area contributed by atoms with Gasteiger partial charge in [-0.3, -0.25) is 19.0 Å². The lowest BCUT2D eigenvalue weighted by Crippen LogP contribution is -2.51. The van der Waals surface area contributed by atoms with Crippen molar-refractivity contribution in [3.8, 4) is 5.69 Å². The molecule has 0 N–H and O–H groups in total. The predicted octanol–water partition coefficient (Wildman–Crippen LogP) is 2.46. The highest BCUT2D eigenvalue weighted by Gasteiger charge is 2.24. The summed E-state index contributed by atoms with van der Waals surface area (Å²) in [5.41, 5.74) is 0.216. The molecule has 1 saturated heterocycles. The van der Waals surface area contributed by atoms with E-state index in [4.69, 9.17) is 23.2 Å². The van der Waals surface area contributed by atoms with E-state index >= 15 is 0 Å². The van der Waals surface area contributed by atoms with Crippen molar-refractivity contribution in [2.75, 3.05) is 26.2 Å². The summed E-state index contributed by atoms with van der Waals surface area (Å²) in [7, 11) is 0. The number of hydrogen-bond donors (Lipinski definition) is 0. The lowest BCUT2D eigenvalue weighted by molar-refractivity contribution is -0.138. The first-order valence-electron chi connectivity index (χ1n) is 10.4. The second-order valence-corrected chi connectivity index (χ2v) is 8.83. The number of fused-ring (bicyclic) bond motifs is 1. The molecule has 3 aromatic rings. The summed E-state index contributed by atoms with van der Waals surface area (Å²) in [4.78, 5) is 54.6. The summed E-state index contributed by atoms with van der Waals surface area (Å²) in [5, 5.41) is 1.01. The van der Waals surface area contributed by atoms with E-state index in [-0.39, 0.29) is 29.3 Å². The van der Waals surface area contributed by atoms with Gasteiger partial charge >= 0.3 is 5.69 Å². The minimum Gasteiger partial charge on any atom is -0.339 e. The molecule has 0 spiro atoms. The standard InChI is InChI=1S/C23H22Cl2N4O4/c1-14-3-5-17(12-19(14)25)29-22(32)18-6-4-16(24)11-20(18)28(23(29)33)13-21(31)27-9-7-26(8-10-27)15(2)30/h3-6,11-12H,7-10,13H2,1-2H3. The van der Waals surface area contributed by atoms with Crippen molar-refractivity contribution < 1.29 is 9.59 Å². The Morgan fingerprint density at radius 1 is 0.939 bits per heavy atom. The maximum Gasteiger partial charge on any atom is 0.336 e. The maximum absolute atomic E-state index is 13.5. The molecule has 1 fully saturated rings. The largest absolute Gasteiger partial charge is 0.339 e. The zero-order valence-electron chi connectivity index (χ0n) is 18.2. The molecule has 2 aromatic carbocycles. The molecule has 10 heteroatoms. The van der Waals surface area contributed by atoms with Gasteiger partial charge in [-0.15, -0.1) is 0 Å². The third kappa shape index (κ3) is 4.41. The van der Waals surface area contributed by atoms with Crippen LogP contribution in [0.1, 0.15) is 12.5 Å². The molecule has 1 aromatic heterocycles. The van der Waals surface area contributed by atoms with E-state index in [1.807, 2.05) is 6.92 Å². The summed E-state index contributed by atoms with van der Waals surface area (Å²) in [6, 6.07) is 9.52. The van der Waals surface area contributed by atoms with Crippen molar-refractivity contribution in [1.29, 1.82) is 0 Å². The van der Waals surface area contributed by atoms with E-state index in [9.17, 15) is 19.2 Å². The number of nitrogens with zero attached hydrogens (tertiary/aromatic N) is 4. The van der Waals surface area contributed by atoms with Crippen LogP contribution in [0.25, 0.3) is 16.6 Å². The highest BCUT2D eigenvalue weighted by atomic mass is 35.5. The van der Waals surface area contributed by atoms with Crippen LogP contribution in [-0.4, -0.2) is 56.9 Å². The normalized spacial score (nSPS) is 14.1. The molecule has 33 heavy (non-hydrogen) atoms. The number of amides is 2. The highest BCUT2D eigenvalue weighted by Crippen LogP contribution is 2.20. The van der Waals surface area contributed by atoms with Gasteiger partial charge in [0.2, 0.25) is 11.8 Å². The number of aryl methyl sites for hydroxylation is 1. The van der Waals surface area contributed by atoms with Crippen LogP contribution in [0.2, 0.25) is 10.0 Å². The Bertz CT molecular complexity index is 1390. The van der Waals surface area contributed by atoms with E-state index in [1.54, 1.807) is 40.1 Å². The fraction of sp³-hybridized carbons (Fsp3) is 0.304. The zero-order chi connectivity index (χ0) is 23.9. The molecule has 2 heterocycles. The molecule has 0 aliphatic carbocycles. The van der Waals surface area contributed by atoms with Crippen molar-refractivity contribution in [2.24, 2.45) is 0 Å². The molecule has 2 amide bonds. The summed E-state index contributed by atoms with van der Waals surface area (Å²) in [5.74, 6) is -0.323. The van der Waals surface area contributed by atoms with Gasteiger partial charge in [0.15, 0.2) is 0 Å². The number of benzene rings is 2. The van der Waals surface area contributed by atoms with Crippen molar-refractivity contribution in [3.63, 3.8) is 0 Å². The fourth-order valence-corrected chi connectivity index (χ4v) is 4.29. The van der Waals surface area contributed by atoms with Gasteiger partial charge in [0.25, 0.3) is 5.56 Å². The van der Waals surface area contributed by atoms with Crippen molar-refractivity contribution in [1.82, 2.24) is 18.9 Å². The molecule has 0 unspecified atom stereocenters. The minimum atomic E-state index is -0.662. The molecule has 0 radical (unpaired) electrons. The van der Waals surface area contributed by atoms with Crippen LogP contribution in [0.5, 0.6) is 0 Å². The van der Waals surface area contributed by atoms with Crippen LogP contribution in [0.3, 0.4) is 0 Å². The van der Waals surface area contributed by atoms with Crippen LogP contribution < -0.4 is 11.2 Å². The first-order chi connectivity index (χ1) is 15.7. The van der Waals surface area contributed by atoms with E-state index in [0.29, 0.717) is 41.9 Å². The van der Waals surface area contributed by atoms with Crippen LogP contribution in [0.15, 0.2) is 46.0 Å². The lowest BCUT2D eigenvalue weighted by atomic mass is 10.2. The van der Waals surface area contributed by atoms with E-state index < -0.39 is 11.2 Å². The van der Waals surface area contributed by atoms with Gasteiger partial charge in [-0.1, -0.05) is 29.3 Å². The number of hydrogen-bond acceptors (Lipinski definition) is 4. The highest BCUT2D eigenvalue weighted by molar-refractivity contribution is 6.31. The van der Waals surface area contributed by atoms with Crippen LogP contribution >= 0.6 is 23.2 Å². The molecule has 8 nitrogen and oxygen atoms in total. The van der Waals surface area contributed by atoms with Gasteiger partial charge in [-0.25, -0.2) is 9.36 Å². The number of halogens is 2. The number of carbonyl (C=O) groups excluding carboxylic acids is 2. The van der Waals surface area contributed by atoms with Crippen LogP contribution in [0, 0.1) is 6.92 Å². The summed E-state index contributed by atoms with van der Waals surface area (Å²) < 4.78 is 2.28. The zero-order valence-corrected chi connectivity index (χ0v) is 19.7. The molecule has 1 aliphatic rings. The predicted molar refractivity (Wildman–Crippen MR) is 127 cm³/mol. The van der Waals surface area contributed by atoms with Crippen LogP contribution in [-0.2, 0) is 16.1 Å². The molecule has 4 rings (SSSR count). The average Bonchev–Trinajstić information content (AvgIpc) is 2.78. The second kappa shape index (κ2) is 9.03. The Hall–Kier alpha value is -3.10. The van der Waals surface area contributed by atoms with E-state index in [0.717, 1.165) is 10.1 Å². The Morgan fingerprint density at radius 3 is 2.24 bits per heavy atom. The summed E-state index contributed by atoms with van der Waals surface area (Å²) >= 11 is 12.4. The van der Waals surface area contributed by atoms with Gasteiger partial charge in [-0.05, 0) is 42.8 Å². The molecule has 0 saturated carbocycles. The number of aromatic nitrogens is 2. The molecule has 0 bridgehead atoms. The van der Waals surface area contributed by atoms with Crippen molar-refractivity contribution in [2.45, 2.75) is 20.4 Å². The van der Waals surface area contributed by atoms with Gasteiger partial charge in [0.05, 0.1) is 16.6 Å². The van der Waals surface area contributed by atoms with Gasteiger partial charge in [0.1, 0.15) is 6.54 Å². The molecular formula is C23H22Cl2N4O4. The molecule has 0 atom stereocenters. The molecule has 172 valence electrons. The molecule has 1 aliphatic heterocycles. The first-order valence-corrected chi connectivity index (χ1v) is 11.2. The minimum absolute atomic E-state index is 0.0391. The van der Waals surface area contributed by atoms with Gasteiger partial charge in [0, 0.05) is 43.1 Å². The summed E-state index contributed by atoms with van der Waals surface area (Å²) in [6.07, 6.45) is 0. The Labute approximate surface area is 199 Å². The number of piperazine rings is 1. The van der Waals surface area contributed by atoms with Crippen molar-refractivity contribution >= 4 is 45.9 Å². The topological polar surface area (TPSA) is 84.6 Å². The SMILES string of the molecule is CC(=O)N1CCN(C(=O)Cn2c(=O)n(-c3ccc(C)c(Cl)c3)c(=O)c3ccc(Cl)cc32)CC1. The third-order valence-electron chi connectivity index (χ3n) is 5.89. The van der Waals surface area contributed by atoms with Crippen molar-refractivity contribution in [3.05, 3.63) is 72.8 Å². The third-order valence-corrected chi connectivity index (χ3v) is 6.53. The fourth-order valence-electron chi connectivity index (χ4n) is 3.95. The van der Waals surface area contributed by atoms with E-state index in [2.05, 4.69) is 0 Å². The first kappa shape index (κ1) is 23.1. The maximum atomic E-state index is 13.5. The number of carbonyl (C=O) groups is 2. The Kier molecular flexibility index (Phi) is 6.32. The van der Waals surface area contributed by atoms with Crippen LogP contribution in [0.4, 0.5) is 0 Å². The average molecular weight is 489 g/mol. The lowest BCUT2D eigenvalue weighted by Gasteiger charge is -2.34.